The first-order chi connectivity index (χ1) is 11.7. The van der Waals surface area contributed by atoms with Gasteiger partial charge in [-0.1, -0.05) is 13.8 Å². The van der Waals surface area contributed by atoms with E-state index >= 15 is 0 Å². The summed E-state index contributed by atoms with van der Waals surface area (Å²) in [6.07, 6.45) is 8.79. The molecule has 0 radical (unpaired) electrons. The van der Waals surface area contributed by atoms with E-state index in [0.29, 0.717) is 24.2 Å². The number of fused-ring (bicyclic) bond motifs is 5. The Hall–Kier alpha value is -0.410. The highest BCUT2D eigenvalue weighted by molar-refractivity contribution is 5.82. The molecule has 0 aromatic heterocycles. The summed E-state index contributed by atoms with van der Waals surface area (Å²) in [5.41, 5.74) is -0.120. The molecule has 4 rings (SSSR count). The van der Waals surface area contributed by atoms with Crippen LogP contribution >= 0.6 is 0 Å². The first-order valence-corrected chi connectivity index (χ1v) is 10.5. The molecule has 4 saturated carbocycles. The fraction of sp³-hybridized carbons (Fsp3) is 0.955. The maximum Gasteiger partial charge on any atom is 0.138 e. The fourth-order valence-corrected chi connectivity index (χ4v) is 7.84. The molecule has 1 N–H and O–H groups in total. The van der Waals surface area contributed by atoms with Crippen molar-refractivity contribution in [2.24, 2.45) is 40.4 Å². The van der Waals surface area contributed by atoms with Gasteiger partial charge in [-0.3, -0.25) is 4.79 Å². The average molecular weight is 349 g/mol. The van der Waals surface area contributed by atoms with Crippen LogP contribution in [0, 0.1) is 40.4 Å². The van der Waals surface area contributed by atoms with Crippen LogP contribution in [0.25, 0.3) is 0 Å². The van der Waals surface area contributed by atoms with Crippen LogP contribution in [0.4, 0.5) is 0 Å². The highest BCUT2D eigenvalue weighted by Gasteiger charge is 2.63. The minimum Gasteiger partial charge on any atom is -0.390 e. The van der Waals surface area contributed by atoms with Crippen LogP contribution in [0.1, 0.15) is 72.1 Å². The smallest absolute Gasteiger partial charge is 0.138 e. The van der Waals surface area contributed by atoms with Crippen molar-refractivity contribution in [2.75, 3.05) is 13.7 Å². The SMILES string of the molecule is COC[C@H]1C[C@@]2(C)[C@H](CC[C@@H]3[C@@H]2CC[C@@]2(C)[C@H]3CC[C@]2(C)O)CC1=O. The molecule has 142 valence electrons. The van der Waals surface area contributed by atoms with Crippen LogP contribution in [0.5, 0.6) is 0 Å². The van der Waals surface area contributed by atoms with Gasteiger partial charge in [-0.25, -0.2) is 0 Å². The zero-order chi connectivity index (χ0) is 18.0. The molecule has 4 aliphatic carbocycles. The molecule has 0 bridgehead atoms. The third-order valence-corrected chi connectivity index (χ3v) is 9.58. The molecule has 0 saturated heterocycles. The predicted octanol–water partition coefficient (Wildman–Crippen LogP) is 4.22. The number of ketones is 1. The van der Waals surface area contributed by atoms with Crippen LogP contribution in [-0.2, 0) is 9.53 Å². The van der Waals surface area contributed by atoms with Gasteiger partial charge in [-0.15, -0.1) is 0 Å². The van der Waals surface area contributed by atoms with E-state index in [9.17, 15) is 9.90 Å². The largest absolute Gasteiger partial charge is 0.390 e. The Kier molecular flexibility index (Phi) is 4.16. The summed E-state index contributed by atoms with van der Waals surface area (Å²) in [5.74, 6) is 3.24. The summed E-state index contributed by atoms with van der Waals surface area (Å²) < 4.78 is 5.37. The second kappa shape index (κ2) is 5.79. The molecule has 0 aromatic rings. The molecule has 8 atom stereocenters. The average Bonchev–Trinajstić information content (AvgIpc) is 2.79. The molecular weight excluding hydrogens is 312 g/mol. The summed E-state index contributed by atoms with van der Waals surface area (Å²) in [5, 5.41) is 11.0. The molecule has 0 aromatic carbocycles. The first kappa shape index (κ1) is 18.0. The Morgan fingerprint density at radius 3 is 2.52 bits per heavy atom. The molecule has 0 amide bonds. The van der Waals surface area contributed by atoms with Gasteiger partial charge in [-0.05, 0) is 86.4 Å². The van der Waals surface area contributed by atoms with E-state index in [1.165, 1.54) is 25.7 Å². The van der Waals surface area contributed by atoms with Crippen LogP contribution < -0.4 is 0 Å². The number of hydrogen-bond donors (Lipinski definition) is 1. The normalized spacial score (nSPS) is 55.4. The van der Waals surface area contributed by atoms with Gasteiger partial charge in [0, 0.05) is 19.4 Å². The number of aliphatic hydroxyl groups is 1. The summed E-state index contributed by atoms with van der Waals surface area (Å²) in [6.45, 7) is 7.51. The van der Waals surface area contributed by atoms with E-state index in [1.54, 1.807) is 7.11 Å². The van der Waals surface area contributed by atoms with Gasteiger partial charge in [0.15, 0.2) is 0 Å². The van der Waals surface area contributed by atoms with Gasteiger partial charge in [0.1, 0.15) is 5.78 Å². The van der Waals surface area contributed by atoms with Crippen molar-refractivity contribution in [3.8, 4) is 0 Å². The van der Waals surface area contributed by atoms with Gasteiger partial charge < -0.3 is 9.84 Å². The quantitative estimate of drug-likeness (QED) is 0.812. The minimum absolute atomic E-state index is 0.0911. The highest BCUT2D eigenvalue weighted by atomic mass is 16.5. The van der Waals surface area contributed by atoms with Crippen molar-refractivity contribution in [2.45, 2.75) is 77.7 Å². The lowest BCUT2D eigenvalue weighted by Crippen LogP contribution is -2.57. The molecular formula is C22H36O3. The molecule has 4 aliphatic rings. The number of carbonyl (C=O) groups excluding carboxylic acids is 1. The van der Waals surface area contributed by atoms with Crippen molar-refractivity contribution < 1.29 is 14.6 Å². The Balaban J connectivity index is 1.62. The van der Waals surface area contributed by atoms with E-state index in [0.717, 1.165) is 37.5 Å². The third kappa shape index (κ3) is 2.41. The van der Waals surface area contributed by atoms with Crippen molar-refractivity contribution in [3.63, 3.8) is 0 Å². The summed E-state index contributed by atoms with van der Waals surface area (Å²) in [4.78, 5) is 12.5. The number of hydrogen-bond acceptors (Lipinski definition) is 3. The van der Waals surface area contributed by atoms with E-state index in [2.05, 4.69) is 20.8 Å². The topological polar surface area (TPSA) is 46.5 Å². The maximum atomic E-state index is 12.5. The van der Waals surface area contributed by atoms with E-state index in [4.69, 9.17) is 4.74 Å². The lowest BCUT2D eigenvalue weighted by molar-refractivity contribution is -0.161. The van der Waals surface area contributed by atoms with E-state index in [-0.39, 0.29) is 16.7 Å². The lowest BCUT2D eigenvalue weighted by atomic mass is 9.44. The molecule has 0 unspecified atom stereocenters. The lowest BCUT2D eigenvalue weighted by Gasteiger charge is -2.61. The minimum atomic E-state index is -0.499. The predicted molar refractivity (Wildman–Crippen MR) is 98.1 cm³/mol. The molecule has 3 nitrogen and oxygen atoms in total. The Morgan fingerprint density at radius 2 is 1.80 bits per heavy atom. The number of methoxy groups -OCH3 is 1. The Morgan fingerprint density at radius 1 is 1.08 bits per heavy atom. The van der Waals surface area contributed by atoms with Gasteiger partial charge in [0.05, 0.1) is 12.2 Å². The Bertz CT molecular complexity index is 555. The number of Topliss-reactive ketones (excluding diaryl/α,β-unsaturated/α-hetero) is 1. The Labute approximate surface area is 152 Å². The summed E-state index contributed by atoms with van der Waals surface area (Å²) in [6, 6.07) is 0. The van der Waals surface area contributed by atoms with E-state index in [1.807, 2.05) is 0 Å². The van der Waals surface area contributed by atoms with Crippen LogP contribution in [0.3, 0.4) is 0 Å². The van der Waals surface area contributed by atoms with Gasteiger partial charge in [-0.2, -0.15) is 0 Å². The van der Waals surface area contributed by atoms with E-state index < -0.39 is 5.60 Å². The monoisotopic (exact) mass is 348 g/mol. The standard InChI is InChI=1S/C22H36O3/c1-20-12-14(13-25-4)19(23)11-15(20)5-6-16-17(20)7-9-21(2)18(16)8-10-22(21,3)24/h14-18,24H,5-13H2,1-4H3/t14-,15-,16-,17+,18+,20+,21+,22+/m1/s1. The second-order valence-corrected chi connectivity index (χ2v) is 10.5. The molecule has 4 fully saturated rings. The van der Waals surface area contributed by atoms with Crippen molar-refractivity contribution in [1.82, 2.24) is 0 Å². The van der Waals surface area contributed by atoms with Gasteiger partial charge in [0.2, 0.25) is 0 Å². The van der Waals surface area contributed by atoms with Crippen LogP contribution in [0.15, 0.2) is 0 Å². The zero-order valence-corrected chi connectivity index (χ0v) is 16.5. The summed E-state index contributed by atoms with van der Waals surface area (Å²) >= 11 is 0. The molecule has 0 spiro atoms. The van der Waals surface area contributed by atoms with Gasteiger partial charge in [0.25, 0.3) is 0 Å². The van der Waals surface area contributed by atoms with Gasteiger partial charge >= 0.3 is 0 Å². The van der Waals surface area contributed by atoms with Crippen molar-refractivity contribution >= 4 is 5.78 Å². The maximum absolute atomic E-state index is 12.5. The molecule has 0 aliphatic heterocycles. The van der Waals surface area contributed by atoms with Crippen LogP contribution in [0.2, 0.25) is 0 Å². The zero-order valence-electron chi connectivity index (χ0n) is 16.5. The van der Waals surface area contributed by atoms with Crippen LogP contribution in [-0.4, -0.2) is 30.2 Å². The third-order valence-electron chi connectivity index (χ3n) is 9.58. The molecule has 0 heterocycles. The first-order valence-electron chi connectivity index (χ1n) is 10.5. The van der Waals surface area contributed by atoms with Crippen molar-refractivity contribution in [3.05, 3.63) is 0 Å². The number of ether oxygens (including phenoxy) is 1. The van der Waals surface area contributed by atoms with Crippen molar-refractivity contribution in [1.29, 1.82) is 0 Å². The molecule has 25 heavy (non-hydrogen) atoms. The number of carbonyl (C=O) groups is 1. The summed E-state index contributed by atoms with van der Waals surface area (Å²) in [7, 11) is 1.72. The number of rotatable bonds is 2. The highest BCUT2D eigenvalue weighted by Crippen LogP contribution is 2.68. The fourth-order valence-electron chi connectivity index (χ4n) is 7.84. The molecule has 3 heteroatoms. The second-order valence-electron chi connectivity index (χ2n) is 10.5.